The van der Waals surface area contributed by atoms with Gasteiger partial charge in [0.05, 0.1) is 6.04 Å². The maximum absolute atomic E-state index is 13.6. The zero-order valence-electron chi connectivity index (χ0n) is 21.1. The topological polar surface area (TPSA) is 81.2 Å². The van der Waals surface area contributed by atoms with Gasteiger partial charge in [-0.1, -0.05) is 18.2 Å². The van der Waals surface area contributed by atoms with E-state index in [1.54, 1.807) is 6.20 Å². The van der Waals surface area contributed by atoms with Crippen LogP contribution in [0.4, 0.5) is 4.79 Å². The number of hydrogen-bond donors (Lipinski definition) is 0. The summed E-state index contributed by atoms with van der Waals surface area (Å²) < 4.78 is 18.5. The maximum Gasteiger partial charge on any atom is 0.411 e. The molecule has 1 spiro atoms. The highest BCUT2D eigenvalue weighted by Gasteiger charge is 2.65. The van der Waals surface area contributed by atoms with Gasteiger partial charge < -0.3 is 24.0 Å². The number of carbonyl (C=O) groups is 2. The van der Waals surface area contributed by atoms with Crippen LogP contribution in [0.15, 0.2) is 48.8 Å². The highest BCUT2D eigenvalue weighted by Crippen LogP contribution is 2.62. The van der Waals surface area contributed by atoms with Crippen LogP contribution >= 0.6 is 0 Å². The van der Waals surface area contributed by atoms with Crippen molar-refractivity contribution in [1.29, 1.82) is 0 Å². The predicted molar refractivity (Wildman–Crippen MR) is 134 cm³/mol. The Hall–Kier alpha value is -3.39. The van der Waals surface area contributed by atoms with E-state index in [1.165, 1.54) is 12.5 Å². The van der Waals surface area contributed by atoms with Gasteiger partial charge >= 0.3 is 12.1 Å². The van der Waals surface area contributed by atoms with E-state index in [1.807, 2.05) is 35.4 Å². The Morgan fingerprint density at radius 3 is 2.89 bits per heavy atom. The van der Waals surface area contributed by atoms with E-state index >= 15 is 0 Å². The number of esters is 1. The molecule has 3 aliphatic heterocycles. The van der Waals surface area contributed by atoms with Gasteiger partial charge in [-0.2, -0.15) is 0 Å². The third-order valence-corrected chi connectivity index (χ3v) is 9.16. The zero-order valence-corrected chi connectivity index (χ0v) is 21.1. The van der Waals surface area contributed by atoms with Crippen LogP contribution in [-0.2, 0) is 21.4 Å². The lowest BCUT2D eigenvalue weighted by Gasteiger charge is -2.56. The summed E-state index contributed by atoms with van der Waals surface area (Å²) in [6, 6.07) is 8.15. The number of rotatable bonds is 3. The lowest BCUT2D eigenvalue weighted by atomic mass is 9.53. The van der Waals surface area contributed by atoms with Gasteiger partial charge in [0.25, 0.3) is 0 Å². The van der Waals surface area contributed by atoms with E-state index in [2.05, 4.69) is 29.1 Å². The van der Waals surface area contributed by atoms with Gasteiger partial charge in [-0.3, -0.25) is 9.78 Å². The second kappa shape index (κ2) is 8.31. The van der Waals surface area contributed by atoms with Crippen molar-refractivity contribution in [3.05, 3.63) is 65.5 Å². The molecule has 8 heteroatoms. The molecule has 2 fully saturated rings. The quantitative estimate of drug-likeness (QED) is 0.360. The first-order valence-electron chi connectivity index (χ1n) is 13.2. The Balaban J connectivity index is 1.24. The number of carbonyl (C=O) groups excluding carboxylic acids is 2. The van der Waals surface area contributed by atoms with Crippen LogP contribution in [0.5, 0.6) is 11.5 Å². The summed E-state index contributed by atoms with van der Waals surface area (Å²) in [4.78, 5) is 34.0. The highest BCUT2D eigenvalue weighted by molar-refractivity contribution is 5.73. The number of aromatic nitrogens is 1. The molecule has 0 N–H and O–H groups in total. The molecule has 5 aliphatic rings. The third-order valence-electron chi connectivity index (χ3n) is 9.16. The molecule has 2 aliphatic carbocycles. The van der Waals surface area contributed by atoms with Crippen molar-refractivity contribution in [1.82, 2.24) is 14.8 Å². The molecule has 7 rings (SSSR count). The molecule has 192 valence electrons. The van der Waals surface area contributed by atoms with Crippen LogP contribution in [0.25, 0.3) is 0 Å². The fourth-order valence-corrected chi connectivity index (χ4v) is 7.63. The van der Waals surface area contributed by atoms with Crippen molar-refractivity contribution in [3.63, 3.8) is 0 Å². The average molecular weight is 502 g/mol. The number of amides is 1. The van der Waals surface area contributed by atoms with Gasteiger partial charge in [-0.05, 0) is 68.6 Å². The van der Waals surface area contributed by atoms with E-state index in [4.69, 9.17) is 14.2 Å². The van der Waals surface area contributed by atoms with Gasteiger partial charge in [-0.15, -0.1) is 0 Å². The molecular formula is C29H31N3O5. The lowest BCUT2D eigenvalue weighted by molar-refractivity contribution is -0.132. The van der Waals surface area contributed by atoms with E-state index in [0.29, 0.717) is 24.1 Å². The molecular weight excluding hydrogens is 470 g/mol. The van der Waals surface area contributed by atoms with Gasteiger partial charge in [0, 0.05) is 48.8 Å². The number of likely N-dealkylation sites (tertiary alicyclic amines) is 2. The van der Waals surface area contributed by atoms with Crippen molar-refractivity contribution >= 4 is 12.1 Å². The summed E-state index contributed by atoms with van der Waals surface area (Å²) in [5.41, 5.74) is 3.09. The van der Waals surface area contributed by atoms with Gasteiger partial charge in [0.1, 0.15) is 6.10 Å². The average Bonchev–Trinajstić information content (AvgIpc) is 3.52. The zero-order chi connectivity index (χ0) is 25.3. The molecule has 1 aromatic carbocycles. The molecule has 2 saturated heterocycles. The highest BCUT2D eigenvalue weighted by atomic mass is 16.6. The Morgan fingerprint density at radius 2 is 2.08 bits per heavy atom. The summed E-state index contributed by atoms with van der Waals surface area (Å²) >= 11 is 0. The Bertz CT molecular complexity index is 1300. The fraction of sp³-hybridized carbons (Fsp3) is 0.483. The first kappa shape index (κ1) is 22.8. The number of pyridine rings is 1. The van der Waals surface area contributed by atoms with E-state index in [0.717, 1.165) is 43.4 Å². The third kappa shape index (κ3) is 3.27. The molecule has 37 heavy (non-hydrogen) atoms. The molecule has 2 aromatic rings. The van der Waals surface area contributed by atoms with Crippen LogP contribution < -0.4 is 9.47 Å². The Morgan fingerprint density at radius 1 is 1.19 bits per heavy atom. The molecule has 0 radical (unpaired) electrons. The van der Waals surface area contributed by atoms with E-state index < -0.39 is 6.10 Å². The maximum atomic E-state index is 13.6. The van der Waals surface area contributed by atoms with Crippen molar-refractivity contribution in [2.45, 2.75) is 62.3 Å². The molecule has 1 amide bonds. The van der Waals surface area contributed by atoms with Crippen LogP contribution in [0.1, 0.15) is 48.9 Å². The minimum atomic E-state index is -0.536. The van der Waals surface area contributed by atoms with Gasteiger partial charge in [0.2, 0.25) is 0 Å². The normalized spacial score (nSPS) is 33.0. The Labute approximate surface area is 216 Å². The Kier molecular flexibility index (Phi) is 5.12. The molecule has 1 unspecified atom stereocenters. The molecule has 0 saturated carbocycles. The molecule has 6 atom stereocenters. The van der Waals surface area contributed by atoms with Crippen molar-refractivity contribution in [2.75, 3.05) is 20.1 Å². The van der Waals surface area contributed by atoms with Crippen LogP contribution in [0.3, 0.4) is 0 Å². The standard InChI is InChI=1S/C29H31N3O5/c1-17(33)35-23-9-7-18-15-22-20-8-10-24(27-29(20,11-14-31(22)2)25(18)26(23)37-27)36-28(34)32-13-4-6-21(32)19-5-3-12-30-16-19/h3,5,7-10,12,16,20-22,24,27H,4,6,11,13-15H2,1-2H3/t20-,21-,22+,24-,27-,29?/m0/s1. The summed E-state index contributed by atoms with van der Waals surface area (Å²) in [5.74, 6) is 0.956. The SMILES string of the molecule is CC(=O)Oc1ccc2c3c1O[C@H]1[C@@H](OC(=O)N4CCC[C@H]4c4cccnc4)C=C[C@H]4[C@@H](C2)N(C)CCC341. The predicted octanol–water partition coefficient (Wildman–Crippen LogP) is 3.79. The van der Waals surface area contributed by atoms with Crippen molar-refractivity contribution < 1.29 is 23.8 Å². The fourth-order valence-electron chi connectivity index (χ4n) is 7.63. The van der Waals surface area contributed by atoms with Crippen LogP contribution in [0, 0.1) is 5.92 Å². The lowest BCUT2D eigenvalue weighted by Crippen LogP contribution is -2.65. The van der Waals surface area contributed by atoms with Crippen molar-refractivity contribution in [3.8, 4) is 11.5 Å². The van der Waals surface area contributed by atoms with E-state index in [-0.39, 0.29) is 35.5 Å². The summed E-state index contributed by atoms with van der Waals surface area (Å²) in [6.07, 6.45) is 10.2. The summed E-state index contributed by atoms with van der Waals surface area (Å²) in [7, 11) is 2.19. The monoisotopic (exact) mass is 501 g/mol. The number of ether oxygens (including phenoxy) is 3. The molecule has 1 aromatic heterocycles. The smallest absolute Gasteiger partial charge is 0.411 e. The van der Waals surface area contributed by atoms with E-state index in [9.17, 15) is 9.59 Å². The van der Waals surface area contributed by atoms with Crippen LogP contribution in [-0.4, -0.2) is 65.2 Å². The van der Waals surface area contributed by atoms with Crippen molar-refractivity contribution in [2.24, 2.45) is 5.92 Å². The number of nitrogens with zero attached hydrogens (tertiary/aromatic N) is 3. The first-order chi connectivity index (χ1) is 18.0. The summed E-state index contributed by atoms with van der Waals surface area (Å²) in [6.45, 7) is 2.99. The number of hydrogen-bond acceptors (Lipinski definition) is 7. The molecule has 8 nitrogen and oxygen atoms in total. The molecule has 4 heterocycles. The van der Waals surface area contributed by atoms with Gasteiger partial charge in [-0.25, -0.2) is 4.79 Å². The molecule has 2 bridgehead atoms. The van der Waals surface area contributed by atoms with Gasteiger partial charge in [0.15, 0.2) is 17.6 Å². The minimum absolute atomic E-state index is 0.0362. The number of likely N-dealkylation sites (N-methyl/N-ethyl adjacent to an activating group) is 1. The number of benzene rings is 1. The number of piperidine rings is 1. The second-order valence-corrected chi connectivity index (χ2v) is 11.0. The largest absolute Gasteiger partial charge is 0.481 e. The first-order valence-corrected chi connectivity index (χ1v) is 13.2. The summed E-state index contributed by atoms with van der Waals surface area (Å²) in [5, 5.41) is 0. The second-order valence-electron chi connectivity index (χ2n) is 11.0. The minimum Gasteiger partial charge on any atom is -0.481 e. The van der Waals surface area contributed by atoms with Crippen LogP contribution in [0.2, 0.25) is 0 Å².